The van der Waals surface area contributed by atoms with Gasteiger partial charge < -0.3 is 29.2 Å². The summed E-state index contributed by atoms with van der Waals surface area (Å²) >= 11 is 5.36. The standard InChI is InChI=1S/C17H19ClO7/c1-9-4-5-22-12-6-10(2-3-11(9)12)24-17-16(21)15(20)13(8-23-17)25-14(19)7-18/h2-4,6,13,15-17,20-21H,5,7-8H2,1H3/t13-,15+,16-,17+/m1/s1. The molecule has 136 valence electrons. The van der Waals surface area contributed by atoms with Gasteiger partial charge in [0.25, 0.3) is 0 Å². The summed E-state index contributed by atoms with van der Waals surface area (Å²) in [5.74, 6) is 0.0664. The summed E-state index contributed by atoms with van der Waals surface area (Å²) in [6.07, 6.45) is -2.85. The number of aliphatic hydroxyl groups excluding tert-OH is 2. The number of halogens is 1. The maximum absolute atomic E-state index is 11.2. The number of alkyl halides is 1. The average Bonchev–Trinajstić information content (AvgIpc) is 2.61. The first-order valence-corrected chi connectivity index (χ1v) is 8.37. The van der Waals surface area contributed by atoms with Crippen LogP contribution in [-0.4, -0.2) is 59.9 Å². The molecule has 3 rings (SSSR count). The molecule has 0 spiro atoms. The van der Waals surface area contributed by atoms with Crippen molar-refractivity contribution in [3.63, 3.8) is 0 Å². The van der Waals surface area contributed by atoms with Crippen LogP contribution < -0.4 is 9.47 Å². The molecule has 1 fully saturated rings. The first kappa shape index (κ1) is 18.0. The minimum absolute atomic E-state index is 0.116. The number of hydrogen-bond donors (Lipinski definition) is 2. The Balaban J connectivity index is 1.66. The Kier molecular flexibility index (Phi) is 5.48. The molecule has 2 aliphatic rings. The van der Waals surface area contributed by atoms with Gasteiger partial charge in [0.1, 0.15) is 36.2 Å². The maximum Gasteiger partial charge on any atom is 0.321 e. The van der Waals surface area contributed by atoms with Gasteiger partial charge in [-0.3, -0.25) is 4.79 Å². The summed E-state index contributed by atoms with van der Waals surface area (Å²) in [7, 11) is 0. The predicted molar refractivity (Wildman–Crippen MR) is 88.6 cm³/mol. The molecule has 8 heteroatoms. The van der Waals surface area contributed by atoms with Crippen LogP contribution in [0.4, 0.5) is 0 Å². The van der Waals surface area contributed by atoms with Gasteiger partial charge in [0.05, 0.1) is 6.61 Å². The molecule has 1 aromatic carbocycles. The third kappa shape index (κ3) is 3.90. The van der Waals surface area contributed by atoms with Crippen molar-refractivity contribution in [1.82, 2.24) is 0 Å². The second-order valence-corrected chi connectivity index (χ2v) is 6.09. The van der Waals surface area contributed by atoms with E-state index < -0.39 is 30.6 Å². The summed E-state index contributed by atoms with van der Waals surface area (Å²) in [6, 6.07) is 5.28. The third-order valence-electron chi connectivity index (χ3n) is 4.08. The summed E-state index contributed by atoms with van der Waals surface area (Å²) in [6.45, 7) is 2.36. The number of fused-ring (bicyclic) bond motifs is 1. The topological polar surface area (TPSA) is 94.5 Å². The fraction of sp³-hybridized carbons (Fsp3) is 0.471. The summed E-state index contributed by atoms with van der Waals surface area (Å²) < 4.78 is 21.5. The molecule has 1 saturated heterocycles. The van der Waals surface area contributed by atoms with E-state index in [0.29, 0.717) is 18.1 Å². The van der Waals surface area contributed by atoms with E-state index in [0.717, 1.165) is 11.1 Å². The molecule has 2 heterocycles. The zero-order chi connectivity index (χ0) is 18.0. The number of rotatable bonds is 4. The van der Waals surface area contributed by atoms with Crippen LogP contribution in [0.1, 0.15) is 12.5 Å². The quantitative estimate of drug-likeness (QED) is 0.605. The van der Waals surface area contributed by atoms with Crippen molar-refractivity contribution in [2.75, 3.05) is 19.1 Å². The number of carbonyl (C=O) groups is 1. The monoisotopic (exact) mass is 370 g/mol. The summed E-state index contributed by atoms with van der Waals surface area (Å²) in [5.41, 5.74) is 2.08. The minimum atomic E-state index is -1.39. The molecule has 0 radical (unpaired) electrons. The van der Waals surface area contributed by atoms with E-state index in [2.05, 4.69) is 0 Å². The van der Waals surface area contributed by atoms with Gasteiger partial charge in [0.15, 0.2) is 6.10 Å². The molecule has 2 N–H and O–H groups in total. The summed E-state index contributed by atoms with van der Waals surface area (Å²) in [5, 5.41) is 20.3. The van der Waals surface area contributed by atoms with Gasteiger partial charge >= 0.3 is 5.97 Å². The van der Waals surface area contributed by atoms with Crippen LogP contribution in [0, 0.1) is 0 Å². The van der Waals surface area contributed by atoms with Crippen LogP contribution in [0.5, 0.6) is 11.5 Å². The van der Waals surface area contributed by atoms with E-state index >= 15 is 0 Å². The van der Waals surface area contributed by atoms with Gasteiger partial charge in [-0.15, -0.1) is 11.6 Å². The van der Waals surface area contributed by atoms with Crippen molar-refractivity contribution in [3.8, 4) is 11.5 Å². The SMILES string of the molecule is CC1=CCOc2cc(O[C@@H]3OC[C@@H](OC(=O)CCl)[C@H](O)[C@H]3O)ccc21. The molecule has 0 unspecified atom stereocenters. The average molecular weight is 371 g/mol. The number of hydrogen-bond acceptors (Lipinski definition) is 7. The highest BCUT2D eigenvalue weighted by atomic mass is 35.5. The van der Waals surface area contributed by atoms with E-state index in [1.165, 1.54) is 0 Å². The largest absolute Gasteiger partial charge is 0.489 e. The molecule has 0 aromatic heterocycles. The van der Waals surface area contributed by atoms with Gasteiger partial charge in [0, 0.05) is 11.6 Å². The van der Waals surface area contributed by atoms with Crippen molar-refractivity contribution in [1.29, 1.82) is 0 Å². The van der Waals surface area contributed by atoms with Gasteiger partial charge in [-0.1, -0.05) is 0 Å². The Morgan fingerprint density at radius 2 is 2.16 bits per heavy atom. The zero-order valence-electron chi connectivity index (χ0n) is 13.6. The predicted octanol–water partition coefficient (Wildman–Crippen LogP) is 1.09. The Labute approximate surface area is 149 Å². The molecule has 0 aliphatic carbocycles. The first-order valence-electron chi connectivity index (χ1n) is 7.83. The van der Waals surface area contributed by atoms with Crippen LogP contribution >= 0.6 is 11.6 Å². The lowest BCUT2D eigenvalue weighted by Crippen LogP contribution is -2.56. The van der Waals surface area contributed by atoms with Gasteiger partial charge in [0.2, 0.25) is 6.29 Å². The van der Waals surface area contributed by atoms with E-state index in [1.807, 2.05) is 19.1 Å². The molecule has 2 aliphatic heterocycles. The first-order chi connectivity index (χ1) is 12.0. The Morgan fingerprint density at radius 3 is 2.92 bits per heavy atom. The van der Waals surface area contributed by atoms with Crippen LogP contribution in [0.2, 0.25) is 0 Å². The molecular formula is C17H19ClO7. The fourth-order valence-electron chi connectivity index (χ4n) is 2.70. The second kappa shape index (κ2) is 7.61. The molecule has 25 heavy (non-hydrogen) atoms. The highest BCUT2D eigenvalue weighted by Gasteiger charge is 2.42. The van der Waals surface area contributed by atoms with E-state index in [4.69, 9.17) is 30.5 Å². The number of carbonyl (C=O) groups excluding carboxylic acids is 1. The van der Waals surface area contributed by atoms with Crippen molar-refractivity contribution < 1.29 is 34.0 Å². The van der Waals surface area contributed by atoms with E-state index in [1.54, 1.807) is 12.1 Å². The van der Waals surface area contributed by atoms with E-state index in [9.17, 15) is 15.0 Å². The third-order valence-corrected chi connectivity index (χ3v) is 4.30. The number of aliphatic hydroxyl groups is 2. The highest BCUT2D eigenvalue weighted by molar-refractivity contribution is 6.26. The Hall–Kier alpha value is -1.80. The molecule has 0 saturated carbocycles. The molecule has 4 atom stereocenters. The van der Waals surface area contributed by atoms with Crippen molar-refractivity contribution in [2.24, 2.45) is 0 Å². The molecule has 0 bridgehead atoms. The van der Waals surface area contributed by atoms with E-state index in [-0.39, 0.29) is 12.5 Å². The van der Waals surface area contributed by atoms with Gasteiger partial charge in [-0.05, 0) is 30.7 Å². The fourth-order valence-corrected chi connectivity index (χ4v) is 2.76. The minimum Gasteiger partial charge on any atom is -0.489 e. The number of esters is 1. The molecular weight excluding hydrogens is 352 g/mol. The number of ether oxygens (including phenoxy) is 4. The zero-order valence-corrected chi connectivity index (χ0v) is 14.3. The maximum atomic E-state index is 11.2. The lowest BCUT2D eigenvalue weighted by atomic mass is 10.0. The normalized spacial score (nSPS) is 28.4. The molecule has 0 amide bonds. The molecule has 1 aromatic rings. The van der Waals surface area contributed by atoms with Crippen LogP contribution in [0.15, 0.2) is 24.3 Å². The lowest BCUT2D eigenvalue weighted by Gasteiger charge is -2.36. The Morgan fingerprint density at radius 1 is 1.36 bits per heavy atom. The van der Waals surface area contributed by atoms with Crippen molar-refractivity contribution >= 4 is 23.1 Å². The van der Waals surface area contributed by atoms with Crippen LogP contribution in [0.3, 0.4) is 0 Å². The van der Waals surface area contributed by atoms with Gasteiger partial charge in [-0.25, -0.2) is 0 Å². The smallest absolute Gasteiger partial charge is 0.321 e. The van der Waals surface area contributed by atoms with Gasteiger partial charge in [-0.2, -0.15) is 0 Å². The summed E-state index contributed by atoms with van der Waals surface area (Å²) in [4.78, 5) is 11.2. The Bertz CT molecular complexity index is 675. The van der Waals surface area contributed by atoms with Crippen molar-refractivity contribution in [2.45, 2.75) is 31.5 Å². The highest BCUT2D eigenvalue weighted by Crippen LogP contribution is 2.33. The number of benzene rings is 1. The van der Waals surface area contributed by atoms with Crippen LogP contribution in [0.25, 0.3) is 5.57 Å². The lowest BCUT2D eigenvalue weighted by molar-refractivity contribution is -0.247. The van der Waals surface area contributed by atoms with Crippen molar-refractivity contribution in [3.05, 3.63) is 29.8 Å². The number of allylic oxidation sites excluding steroid dienone is 1. The second-order valence-electron chi connectivity index (χ2n) is 5.82. The van der Waals surface area contributed by atoms with Crippen LogP contribution in [-0.2, 0) is 14.3 Å². The molecule has 7 nitrogen and oxygen atoms in total.